The summed E-state index contributed by atoms with van der Waals surface area (Å²) in [6.07, 6.45) is 1.20. The van der Waals surface area contributed by atoms with E-state index in [-0.39, 0.29) is 10.9 Å². The van der Waals surface area contributed by atoms with Crippen LogP contribution in [-0.4, -0.2) is 41.9 Å². The van der Waals surface area contributed by atoms with Crippen LogP contribution in [0.25, 0.3) is 0 Å². The third-order valence-corrected chi connectivity index (χ3v) is 9.05. The Morgan fingerprint density at radius 2 is 1.76 bits per heavy atom. The second kappa shape index (κ2) is 9.28. The number of nitrogens with zero attached hydrogens (tertiary/aromatic N) is 3. The lowest BCUT2D eigenvalue weighted by atomic mass is 9.99. The highest BCUT2D eigenvalue weighted by atomic mass is 32.2. The van der Waals surface area contributed by atoms with Gasteiger partial charge in [0.15, 0.2) is 0 Å². The molecule has 0 spiro atoms. The average molecular weight is 489 g/mol. The zero-order valence-electron chi connectivity index (χ0n) is 18.6. The fraction of sp³-hybridized carbons (Fsp3) is 0.348. The smallest absolute Gasteiger partial charge is 0.286 e. The second-order valence-electron chi connectivity index (χ2n) is 8.29. The standard InChI is InChI=1S/C23H25FN4O3S2/c1-14-11-16(3)20(12-15(14)2)33(30,31)28-9-7-17(8-10-28)22-26-27-23(32-22)21(29)25-19-6-4-5-18(24)13-19/h4-6,11-13,17H,7-10H2,1-3H3,(H,25,29). The molecule has 2 heterocycles. The van der Waals surface area contributed by atoms with E-state index in [1.807, 2.05) is 26.8 Å². The molecule has 1 aliphatic rings. The Morgan fingerprint density at radius 3 is 2.45 bits per heavy atom. The van der Waals surface area contributed by atoms with Crippen LogP contribution in [0.3, 0.4) is 0 Å². The van der Waals surface area contributed by atoms with E-state index in [1.165, 1.54) is 33.8 Å². The molecule has 0 saturated carbocycles. The molecule has 1 saturated heterocycles. The number of aryl methyl sites for hydroxylation is 3. The molecule has 10 heteroatoms. The van der Waals surface area contributed by atoms with Crippen LogP contribution in [0.15, 0.2) is 41.3 Å². The third-order valence-electron chi connectivity index (χ3n) is 5.93. The molecule has 0 radical (unpaired) electrons. The summed E-state index contributed by atoms with van der Waals surface area (Å²) in [6.45, 7) is 6.47. The number of carbonyl (C=O) groups is 1. The molecule has 1 aliphatic heterocycles. The summed E-state index contributed by atoms with van der Waals surface area (Å²) in [5, 5.41) is 11.7. The van der Waals surface area contributed by atoms with E-state index in [9.17, 15) is 17.6 Å². The Balaban J connectivity index is 1.42. The third kappa shape index (κ3) is 4.97. The highest BCUT2D eigenvalue weighted by Crippen LogP contribution is 2.33. The zero-order valence-corrected chi connectivity index (χ0v) is 20.3. The molecule has 1 amide bonds. The van der Waals surface area contributed by atoms with Gasteiger partial charge in [-0.1, -0.05) is 23.5 Å². The number of benzene rings is 2. The van der Waals surface area contributed by atoms with E-state index in [0.29, 0.717) is 41.5 Å². The van der Waals surface area contributed by atoms with Gasteiger partial charge >= 0.3 is 0 Å². The van der Waals surface area contributed by atoms with E-state index >= 15 is 0 Å². The maximum absolute atomic E-state index is 13.3. The highest BCUT2D eigenvalue weighted by molar-refractivity contribution is 7.89. The maximum Gasteiger partial charge on any atom is 0.286 e. The summed E-state index contributed by atoms with van der Waals surface area (Å²) in [5.41, 5.74) is 3.11. The minimum Gasteiger partial charge on any atom is -0.320 e. The van der Waals surface area contributed by atoms with Crippen molar-refractivity contribution in [1.82, 2.24) is 14.5 Å². The molecule has 0 aliphatic carbocycles. The predicted octanol–water partition coefficient (Wildman–Crippen LogP) is 4.42. The Hall–Kier alpha value is -2.69. The molecule has 0 bridgehead atoms. The highest BCUT2D eigenvalue weighted by Gasteiger charge is 2.32. The predicted molar refractivity (Wildman–Crippen MR) is 126 cm³/mol. The van der Waals surface area contributed by atoms with Crippen LogP contribution in [0.5, 0.6) is 0 Å². The molecule has 7 nitrogen and oxygen atoms in total. The molecule has 1 N–H and O–H groups in total. The van der Waals surface area contributed by atoms with Crippen molar-refractivity contribution >= 4 is 33.0 Å². The lowest BCUT2D eigenvalue weighted by Gasteiger charge is -2.30. The topological polar surface area (TPSA) is 92.3 Å². The van der Waals surface area contributed by atoms with Gasteiger partial charge in [0.2, 0.25) is 15.0 Å². The van der Waals surface area contributed by atoms with E-state index in [1.54, 1.807) is 12.1 Å². The second-order valence-corrected chi connectivity index (χ2v) is 11.2. The van der Waals surface area contributed by atoms with Crippen LogP contribution in [0.2, 0.25) is 0 Å². The summed E-state index contributed by atoms with van der Waals surface area (Å²) in [7, 11) is -3.58. The van der Waals surface area contributed by atoms with Gasteiger partial charge in [-0.3, -0.25) is 4.79 Å². The van der Waals surface area contributed by atoms with Crippen molar-refractivity contribution in [2.24, 2.45) is 0 Å². The average Bonchev–Trinajstić information content (AvgIpc) is 3.27. The molecular weight excluding hydrogens is 463 g/mol. The van der Waals surface area contributed by atoms with Crippen molar-refractivity contribution < 1.29 is 17.6 Å². The van der Waals surface area contributed by atoms with Crippen molar-refractivity contribution in [3.05, 3.63) is 68.9 Å². The number of piperidine rings is 1. The van der Waals surface area contributed by atoms with Gasteiger partial charge in [-0.2, -0.15) is 4.31 Å². The number of halogens is 1. The zero-order chi connectivity index (χ0) is 23.8. The summed E-state index contributed by atoms with van der Waals surface area (Å²) >= 11 is 1.19. The number of amides is 1. The van der Waals surface area contributed by atoms with Crippen molar-refractivity contribution in [3.63, 3.8) is 0 Å². The Labute approximate surface area is 196 Å². The van der Waals surface area contributed by atoms with Crippen LogP contribution in [0, 0.1) is 26.6 Å². The van der Waals surface area contributed by atoms with Crippen LogP contribution in [-0.2, 0) is 10.0 Å². The van der Waals surface area contributed by atoms with Gasteiger partial charge in [-0.05, 0) is 74.6 Å². The molecule has 33 heavy (non-hydrogen) atoms. The molecule has 2 aromatic carbocycles. The van der Waals surface area contributed by atoms with E-state index in [0.717, 1.165) is 16.7 Å². The normalized spacial score (nSPS) is 15.5. The van der Waals surface area contributed by atoms with Gasteiger partial charge < -0.3 is 5.32 Å². The van der Waals surface area contributed by atoms with E-state index < -0.39 is 21.7 Å². The molecule has 1 aromatic heterocycles. The van der Waals surface area contributed by atoms with Crippen molar-refractivity contribution in [1.29, 1.82) is 0 Å². The molecule has 0 unspecified atom stereocenters. The number of nitrogens with one attached hydrogen (secondary N) is 1. The minimum atomic E-state index is -3.58. The first-order chi connectivity index (χ1) is 15.6. The summed E-state index contributed by atoms with van der Waals surface area (Å²) in [6, 6.07) is 9.29. The number of anilines is 1. The quantitative estimate of drug-likeness (QED) is 0.574. The number of hydrogen-bond acceptors (Lipinski definition) is 6. The van der Waals surface area contributed by atoms with Crippen molar-refractivity contribution in [3.8, 4) is 0 Å². The molecule has 4 rings (SSSR count). The molecule has 0 atom stereocenters. The molecule has 174 valence electrons. The van der Waals surface area contributed by atoms with E-state index in [4.69, 9.17) is 0 Å². The minimum absolute atomic E-state index is 0.0329. The lowest BCUT2D eigenvalue weighted by Crippen LogP contribution is -2.38. The van der Waals surface area contributed by atoms with Crippen LogP contribution in [0.1, 0.15) is 50.3 Å². The first-order valence-corrected chi connectivity index (χ1v) is 12.9. The number of rotatable bonds is 5. The summed E-state index contributed by atoms with van der Waals surface area (Å²) in [5.74, 6) is -0.858. The monoisotopic (exact) mass is 488 g/mol. The SMILES string of the molecule is Cc1cc(C)c(S(=O)(=O)N2CCC(c3nnc(C(=O)Nc4cccc(F)c4)s3)CC2)cc1C. The Morgan fingerprint density at radius 1 is 1.06 bits per heavy atom. The number of hydrogen-bond donors (Lipinski definition) is 1. The number of aromatic nitrogens is 2. The van der Waals surface area contributed by atoms with Crippen LogP contribution in [0.4, 0.5) is 10.1 Å². The number of carbonyl (C=O) groups excluding carboxylic acids is 1. The van der Waals surface area contributed by atoms with Crippen molar-refractivity contribution in [2.45, 2.75) is 44.4 Å². The first kappa shape index (κ1) is 23.5. The van der Waals surface area contributed by atoms with Crippen LogP contribution < -0.4 is 5.32 Å². The van der Waals surface area contributed by atoms with Gasteiger partial charge in [-0.15, -0.1) is 10.2 Å². The van der Waals surface area contributed by atoms with Gasteiger partial charge in [0.05, 0.1) is 4.90 Å². The van der Waals surface area contributed by atoms with Gasteiger partial charge in [0, 0.05) is 24.7 Å². The van der Waals surface area contributed by atoms with E-state index in [2.05, 4.69) is 15.5 Å². The molecule has 3 aromatic rings. The van der Waals surface area contributed by atoms with Gasteiger partial charge in [-0.25, -0.2) is 12.8 Å². The number of sulfonamides is 1. The molecule has 1 fully saturated rings. The van der Waals surface area contributed by atoms with Crippen molar-refractivity contribution in [2.75, 3.05) is 18.4 Å². The van der Waals surface area contributed by atoms with Gasteiger partial charge in [0.1, 0.15) is 10.8 Å². The fourth-order valence-electron chi connectivity index (χ4n) is 3.94. The first-order valence-electron chi connectivity index (χ1n) is 10.6. The largest absolute Gasteiger partial charge is 0.320 e. The Bertz CT molecular complexity index is 1300. The fourth-order valence-corrected chi connectivity index (χ4v) is 6.60. The Kier molecular flexibility index (Phi) is 6.60. The lowest BCUT2D eigenvalue weighted by molar-refractivity contribution is 0.102. The summed E-state index contributed by atoms with van der Waals surface area (Å²) in [4.78, 5) is 12.8. The van der Waals surface area contributed by atoms with Crippen LogP contribution >= 0.6 is 11.3 Å². The summed E-state index contributed by atoms with van der Waals surface area (Å²) < 4.78 is 41.3. The molecular formula is C23H25FN4O3S2. The maximum atomic E-state index is 13.3. The van der Waals surface area contributed by atoms with Gasteiger partial charge in [0.25, 0.3) is 5.91 Å².